The lowest BCUT2D eigenvalue weighted by molar-refractivity contribution is -0.143. The van der Waals surface area contributed by atoms with Crippen LogP contribution >= 0.6 is 0 Å². The van der Waals surface area contributed by atoms with Crippen LogP contribution in [0.5, 0.6) is 11.5 Å². The zero-order valence-electron chi connectivity index (χ0n) is 20.2. The van der Waals surface area contributed by atoms with Gasteiger partial charge in [-0.05, 0) is 68.0 Å². The molecule has 6 heteroatoms. The Morgan fingerprint density at radius 2 is 1.79 bits per heavy atom. The molecular weight excluding hydrogens is 416 g/mol. The predicted octanol–water partition coefficient (Wildman–Crippen LogP) is 4.56. The summed E-state index contributed by atoms with van der Waals surface area (Å²) in [6.45, 7) is 6.15. The molecule has 0 spiro atoms. The zero-order chi connectivity index (χ0) is 23.8. The molecule has 0 heterocycles. The van der Waals surface area contributed by atoms with Gasteiger partial charge in [0.05, 0.1) is 7.11 Å². The van der Waals surface area contributed by atoms with Crippen molar-refractivity contribution in [2.75, 3.05) is 13.7 Å². The third kappa shape index (κ3) is 6.50. The molecule has 33 heavy (non-hydrogen) atoms. The van der Waals surface area contributed by atoms with Crippen molar-refractivity contribution in [3.63, 3.8) is 0 Å². The minimum Gasteiger partial charge on any atom is -0.497 e. The summed E-state index contributed by atoms with van der Waals surface area (Å²) in [4.78, 5) is 28.2. The van der Waals surface area contributed by atoms with Gasteiger partial charge in [0.2, 0.25) is 5.91 Å². The summed E-state index contributed by atoms with van der Waals surface area (Å²) < 4.78 is 11.1. The highest BCUT2D eigenvalue weighted by molar-refractivity contribution is 5.88. The second-order valence-electron chi connectivity index (χ2n) is 8.77. The first-order valence-corrected chi connectivity index (χ1v) is 11.8. The Morgan fingerprint density at radius 3 is 2.42 bits per heavy atom. The number of nitrogens with zero attached hydrogens (tertiary/aromatic N) is 1. The first kappa shape index (κ1) is 24.6. The number of benzene rings is 2. The van der Waals surface area contributed by atoms with Crippen LogP contribution in [0.1, 0.15) is 55.7 Å². The van der Waals surface area contributed by atoms with Gasteiger partial charge in [0.25, 0.3) is 5.91 Å². The fourth-order valence-electron chi connectivity index (χ4n) is 4.32. The average molecular weight is 453 g/mol. The predicted molar refractivity (Wildman–Crippen MR) is 129 cm³/mol. The molecule has 1 saturated carbocycles. The summed E-state index contributed by atoms with van der Waals surface area (Å²) >= 11 is 0. The Bertz CT molecular complexity index is 936. The molecule has 0 bridgehead atoms. The van der Waals surface area contributed by atoms with Crippen LogP contribution in [0.4, 0.5) is 0 Å². The second kappa shape index (κ2) is 11.7. The van der Waals surface area contributed by atoms with Crippen molar-refractivity contribution in [3.8, 4) is 11.5 Å². The monoisotopic (exact) mass is 452 g/mol. The van der Waals surface area contributed by atoms with Crippen molar-refractivity contribution in [1.29, 1.82) is 0 Å². The largest absolute Gasteiger partial charge is 0.497 e. The number of hydrogen-bond acceptors (Lipinski definition) is 4. The van der Waals surface area contributed by atoms with Crippen LogP contribution < -0.4 is 14.8 Å². The van der Waals surface area contributed by atoms with Gasteiger partial charge in [-0.25, -0.2) is 0 Å². The number of carbonyl (C=O) groups excluding carboxylic acids is 2. The summed E-state index contributed by atoms with van der Waals surface area (Å²) in [7, 11) is 1.62. The van der Waals surface area contributed by atoms with Gasteiger partial charge in [-0.15, -0.1) is 0 Å². The summed E-state index contributed by atoms with van der Waals surface area (Å²) in [5, 5.41) is 3.17. The van der Waals surface area contributed by atoms with E-state index in [4.69, 9.17) is 9.47 Å². The van der Waals surface area contributed by atoms with Gasteiger partial charge in [-0.3, -0.25) is 9.59 Å². The lowest BCUT2D eigenvalue weighted by Crippen LogP contribution is -2.52. The van der Waals surface area contributed by atoms with E-state index in [-0.39, 0.29) is 24.5 Å². The Labute approximate surface area is 197 Å². The van der Waals surface area contributed by atoms with Crippen LogP contribution in [0.15, 0.2) is 42.5 Å². The van der Waals surface area contributed by atoms with Gasteiger partial charge in [0, 0.05) is 12.6 Å². The molecular formula is C27H36N2O4. The first-order chi connectivity index (χ1) is 15.9. The minimum absolute atomic E-state index is 0.0852. The van der Waals surface area contributed by atoms with Crippen molar-refractivity contribution in [2.45, 2.75) is 71.5 Å². The standard InChI is InChI=1S/C27H36N2O4/c1-5-24(27(31)28-22-10-6-7-11-22)29(17-21-13-15-23(32-4)16-14-21)26(30)18-33-25-12-8-9-19(2)20(25)3/h8-9,12-16,22,24H,5-7,10-11,17-18H2,1-4H3,(H,28,31)/t24-/m0/s1. The third-order valence-corrected chi connectivity index (χ3v) is 6.51. The van der Waals surface area contributed by atoms with Crippen molar-refractivity contribution in [2.24, 2.45) is 0 Å². The molecule has 178 valence electrons. The summed E-state index contributed by atoms with van der Waals surface area (Å²) in [6.07, 6.45) is 4.82. The number of carbonyl (C=O) groups is 2. The molecule has 1 atom stereocenters. The van der Waals surface area contributed by atoms with Crippen molar-refractivity contribution in [1.82, 2.24) is 10.2 Å². The molecule has 1 fully saturated rings. The van der Waals surface area contributed by atoms with Gasteiger partial charge in [-0.2, -0.15) is 0 Å². The van der Waals surface area contributed by atoms with Gasteiger partial charge < -0.3 is 19.7 Å². The molecule has 2 aromatic rings. The van der Waals surface area contributed by atoms with E-state index in [1.807, 2.05) is 63.2 Å². The van der Waals surface area contributed by atoms with Gasteiger partial charge >= 0.3 is 0 Å². The van der Waals surface area contributed by atoms with Crippen LogP contribution in [0, 0.1) is 13.8 Å². The van der Waals surface area contributed by atoms with E-state index in [2.05, 4.69) is 5.32 Å². The highest BCUT2D eigenvalue weighted by atomic mass is 16.5. The normalized spacial score (nSPS) is 14.5. The Kier molecular flexibility index (Phi) is 8.75. The number of amides is 2. The zero-order valence-corrected chi connectivity index (χ0v) is 20.2. The van der Waals surface area contributed by atoms with Crippen molar-refractivity contribution >= 4 is 11.8 Å². The van der Waals surface area contributed by atoms with Crippen molar-refractivity contribution < 1.29 is 19.1 Å². The SMILES string of the molecule is CC[C@@H](C(=O)NC1CCCC1)N(Cc1ccc(OC)cc1)C(=O)COc1cccc(C)c1C. The summed E-state index contributed by atoms with van der Waals surface area (Å²) in [5.74, 6) is 1.15. The van der Waals surface area contributed by atoms with Gasteiger partial charge in [0.1, 0.15) is 17.5 Å². The van der Waals surface area contributed by atoms with E-state index in [1.54, 1.807) is 12.0 Å². The average Bonchev–Trinajstić information content (AvgIpc) is 3.33. The lowest BCUT2D eigenvalue weighted by Gasteiger charge is -2.31. The molecule has 2 amide bonds. The fraction of sp³-hybridized carbons (Fsp3) is 0.481. The molecule has 2 aromatic carbocycles. The van der Waals surface area contributed by atoms with E-state index in [9.17, 15) is 9.59 Å². The maximum atomic E-state index is 13.4. The molecule has 0 aromatic heterocycles. The first-order valence-electron chi connectivity index (χ1n) is 11.8. The summed E-state index contributed by atoms with van der Waals surface area (Å²) in [6, 6.07) is 13.0. The Hall–Kier alpha value is -3.02. The third-order valence-electron chi connectivity index (χ3n) is 6.51. The Morgan fingerprint density at radius 1 is 1.09 bits per heavy atom. The number of aryl methyl sites for hydroxylation is 1. The number of methoxy groups -OCH3 is 1. The molecule has 3 rings (SSSR count). The van der Waals surface area contributed by atoms with E-state index in [1.165, 1.54) is 0 Å². The fourth-order valence-corrected chi connectivity index (χ4v) is 4.32. The van der Waals surface area contributed by atoms with E-state index in [0.717, 1.165) is 48.1 Å². The smallest absolute Gasteiger partial charge is 0.261 e. The topological polar surface area (TPSA) is 67.9 Å². The van der Waals surface area contributed by atoms with E-state index in [0.29, 0.717) is 18.7 Å². The van der Waals surface area contributed by atoms with Crippen molar-refractivity contribution in [3.05, 3.63) is 59.2 Å². The number of hydrogen-bond donors (Lipinski definition) is 1. The molecule has 1 N–H and O–H groups in total. The van der Waals surface area contributed by atoms with E-state index >= 15 is 0 Å². The number of rotatable bonds is 10. The van der Waals surface area contributed by atoms with Crippen LogP contribution in [-0.2, 0) is 16.1 Å². The molecule has 1 aliphatic carbocycles. The van der Waals surface area contributed by atoms with Gasteiger partial charge in [0.15, 0.2) is 6.61 Å². The van der Waals surface area contributed by atoms with Crippen LogP contribution in [0.2, 0.25) is 0 Å². The second-order valence-corrected chi connectivity index (χ2v) is 8.77. The number of ether oxygens (including phenoxy) is 2. The van der Waals surface area contributed by atoms with Crippen LogP contribution in [0.3, 0.4) is 0 Å². The minimum atomic E-state index is -0.553. The van der Waals surface area contributed by atoms with Crippen LogP contribution in [-0.4, -0.2) is 42.5 Å². The molecule has 0 saturated heterocycles. The lowest BCUT2D eigenvalue weighted by atomic mass is 10.1. The quantitative estimate of drug-likeness (QED) is 0.574. The Balaban J connectivity index is 1.78. The van der Waals surface area contributed by atoms with Gasteiger partial charge in [-0.1, -0.05) is 44.0 Å². The molecule has 0 radical (unpaired) electrons. The summed E-state index contributed by atoms with van der Waals surface area (Å²) in [5.41, 5.74) is 3.05. The maximum Gasteiger partial charge on any atom is 0.261 e. The van der Waals surface area contributed by atoms with E-state index < -0.39 is 6.04 Å². The molecule has 0 aliphatic heterocycles. The molecule has 6 nitrogen and oxygen atoms in total. The van der Waals surface area contributed by atoms with Crippen LogP contribution in [0.25, 0.3) is 0 Å². The maximum absolute atomic E-state index is 13.4. The molecule has 0 unspecified atom stereocenters. The molecule has 1 aliphatic rings. The highest BCUT2D eigenvalue weighted by Crippen LogP contribution is 2.22. The highest BCUT2D eigenvalue weighted by Gasteiger charge is 2.31. The number of nitrogens with one attached hydrogen (secondary N) is 1.